The molecule has 0 unspecified atom stereocenters. The Kier molecular flexibility index (Phi) is 9.79. The fourth-order valence-electron chi connectivity index (χ4n) is 2.84. The normalized spacial score (nSPS) is 10.5. The Morgan fingerprint density at radius 3 is 1.19 bits per heavy atom. The van der Waals surface area contributed by atoms with Crippen molar-refractivity contribution < 1.29 is 0 Å². The standard InChI is InChI=1S/C6H15Si.3C6H5.Sn/c1-4-5-6-7(2)3;3*1-2-4-6-5-3-1;/h4-6H2,1-3H3;3*1-5H;. The molecule has 0 aliphatic heterocycles. The molecular formula is C24H30SiSn. The van der Waals surface area contributed by atoms with Gasteiger partial charge in [-0.05, 0) is 0 Å². The van der Waals surface area contributed by atoms with Gasteiger partial charge in [0.1, 0.15) is 0 Å². The van der Waals surface area contributed by atoms with Crippen LogP contribution < -0.4 is 10.7 Å². The SMILES string of the molecule is CCCC[Si](C)C.c1cc[c]([Sn]([c]2ccccc2)[c]2ccccc2)cc1. The van der Waals surface area contributed by atoms with Gasteiger partial charge in [0, 0.05) is 8.80 Å². The Hall–Kier alpha value is -1.32. The van der Waals surface area contributed by atoms with Crippen molar-refractivity contribution in [3.63, 3.8) is 0 Å². The van der Waals surface area contributed by atoms with Gasteiger partial charge in [0.15, 0.2) is 0 Å². The van der Waals surface area contributed by atoms with Gasteiger partial charge in [0.05, 0.1) is 0 Å². The average Bonchev–Trinajstić information content (AvgIpc) is 2.70. The van der Waals surface area contributed by atoms with Crippen molar-refractivity contribution in [1.82, 2.24) is 0 Å². The fourth-order valence-corrected chi connectivity index (χ4v) is 11.3. The van der Waals surface area contributed by atoms with Gasteiger partial charge in [-0.2, -0.15) is 0 Å². The van der Waals surface area contributed by atoms with Gasteiger partial charge >= 0.3 is 121 Å². The molecule has 3 aromatic carbocycles. The van der Waals surface area contributed by atoms with Gasteiger partial charge in [-0.15, -0.1) is 0 Å². The summed E-state index contributed by atoms with van der Waals surface area (Å²) in [4.78, 5) is 0. The van der Waals surface area contributed by atoms with E-state index in [2.05, 4.69) is 111 Å². The predicted molar refractivity (Wildman–Crippen MR) is 121 cm³/mol. The Balaban J connectivity index is 0.000000298. The molecular weight excluding hydrogens is 435 g/mol. The Labute approximate surface area is 168 Å². The Morgan fingerprint density at radius 1 is 0.615 bits per heavy atom. The number of hydrogen-bond donors (Lipinski definition) is 0. The van der Waals surface area contributed by atoms with Crippen molar-refractivity contribution in [3.8, 4) is 0 Å². The number of benzene rings is 3. The van der Waals surface area contributed by atoms with Crippen LogP contribution in [0.2, 0.25) is 19.1 Å². The van der Waals surface area contributed by atoms with Crippen molar-refractivity contribution in [2.75, 3.05) is 0 Å². The summed E-state index contributed by atoms with van der Waals surface area (Å²) in [5, 5.41) is 0. The van der Waals surface area contributed by atoms with Gasteiger partial charge < -0.3 is 0 Å². The van der Waals surface area contributed by atoms with Crippen LogP contribution in [0.25, 0.3) is 0 Å². The minimum atomic E-state index is -1.98. The molecule has 0 bridgehead atoms. The minimum absolute atomic E-state index is 0.103. The van der Waals surface area contributed by atoms with E-state index in [1.807, 2.05) is 0 Å². The van der Waals surface area contributed by atoms with E-state index in [1.54, 1.807) is 0 Å². The summed E-state index contributed by atoms with van der Waals surface area (Å²) in [6, 6.07) is 34.4. The summed E-state index contributed by atoms with van der Waals surface area (Å²) >= 11 is -1.98. The number of rotatable bonds is 6. The van der Waals surface area contributed by atoms with Crippen LogP contribution in [0.3, 0.4) is 0 Å². The summed E-state index contributed by atoms with van der Waals surface area (Å²) in [6.45, 7) is 7.01. The van der Waals surface area contributed by atoms with Crippen LogP contribution in [0.15, 0.2) is 91.0 Å². The zero-order valence-electron chi connectivity index (χ0n) is 16.3. The molecule has 2 heteroatoms. The van der Waals surface area contributed by atoms with Gasteiger partial charge in [0.25, 0.3) is 0 Å². The van der Waals surface area contributed by atoms with Crippen LogP contribution in [0.4, 0.5) is 0 Å². The summed E-state index contributed by atoms with van der Waals surface area (Å²) in [5.74, 6) is 0. The zero-order chi connectivity index (χ0) is 18.6. The van der Waals surface area contributed by atoms with Gasteiger partial charge in [-0.1, -0.05) is 38.9 Å². The second kappa shape index (κ2) is 12.1. The molecule has 0 nitrogen and oxygen atoms in total. The first-order valence-corrected chi connectivity index (χ1v) is 16.5. The van der Waals surface area contributed by atoms with E-state index in [0.29, 0.717) is 0 Å². The van der Waals surface area contributed by atoms with Crippen molar-refractivity contribution in [1.29, 1.82) is 0 Å². The Bertz CT molecular complexity index is 617. The van der Waals surface area contributed by atoms with E-state index >= 15 is 0 Å². The van der Waals surface area contributed by atoms with Crippen LogP contribution in [0.1, 0.15) is 19.8 Å². The average molecular weight is 465 g/mol. The van der Waals surface area contributed by atoms with E-state index in [4.69, 9.17) is 0 Å². The predicted octanol–water partition coefficient (Wildman–Crippen LogP) is 4.74. The molecule has 0 atom stereocenters. The molecule has 0 fully saturated rings. The van der Waals surface area contributed by atoms with E-state index in [-0.39, 0.29) is 8.80 Å². The second-order valence-corrected chi connectivity index (χ2v) is 16.8. The fraction of sp³-hybridized carbons (Fsp3) is 0.250. The molecule has 134 valence electrons. The first-order chi connectivity index (χ1) is 12.7. The third kappa shape index (κ3) is 7.12. The molecule has 0 N–H and O–H groups in total. The van der Waals surface area contributed by atoms with Crippen LogP contribution in [-0.4, -0.2) is 28.6 Å². The molecule has 0 amide bonds. The number of unbranched alkanes of at least 4 members (excludes halogenated alkanes) is 1. The van der Waals surface area contributed by atoms with Crippen molar-refractivity contribution in [3.05, 3.63) is 91.0 Å². The first kappa shape index (κ1) is 21.0. The second-order valence-electron chi connectivity index (χ2n) is 6.78. The van der Waals surface area contributed by atoms with Crippen molar-refractivity contribution >= 4 is 39.3 Å². The molecule has 3 rings (SSSR count). The van der Waals surface area contributed by atoms with Crippen LogP contribution >= 0.6 is 0 Å². The van der Waals surface area contributed by atoms with E-state index in [0.717, 1.165) is 0 Å². The summed E-state index contributed by atoms with van der Waals surface area (Å²) in [7, 11) is 0.103. The molecule has 3 aromatic rings. The molecule has 26 heavy (non-hydrogen) atoms. The van der Waals surface area contributed by atoms with Crippen molar-refractivity contribution in [2.24, 2.45) is 0 Å². The van der Waals surface area contributed by atoms with Gasteiger partial charge in [0.2, 0.25) is 0 Å². The van der Waals surface area contributed by atoms with E-state index in [9.17, 15) is 0 Å². The summed E-state index contributed by atoms with van der Waals surface area (Å²) in [5.41, 5.74) is 0. The third-order valence-corrected chi connectivity index (χ3v) is 13.4. The molecule has 0 saturated carbocycles. The molecule has 0 aromatic heterocycles. The third-order valence-electron chi connectivity index (χ3n) is 4.22. The molecule has 0 heterocycles. The molecule has 0 aliphatic rings. The van der Waals surface area contributed by atoms with Gasteiger partial charge in [-0.3, -0.25) is 0 Å². The van der Waals surface area contributed by atoms with Crippen LogP contribution in [0, 0.1) is 0 Å². The topological polar surface area (TPSA) is 0 Å². The molecule has 0 aliphatic carbocycles. The summed E-state index contributed by atoms with van der Waals surface area (Å²) < 4.78 is 4.59. The maximum absolute atomic E-state index is 2.38. The van der Waals surface area contributed by atoms with E-state index in [1.165, 1.54) is 29.6 Å². The van der Waals surface area contributed by atoms with Crippen molar-refractivity contribution in [2.45, 2.75) is 38.9 Å². The van der Waals surface area contributed by atoms with Crippen LogP contribution in [-0.2, 0) is 0 Å². The monoisotopic (exact) mass is 466 g/mol. The first-order valence-electron chi connectivity index (χ1n) is 9.54. The molecule has 2 radical (unpaired) electrons. The van der Waals surface area contributed by atoms with Crippen LogP contribution in [0.5, 0.6) is 0 Å². The quantitative estimate of drug-likeness (QED) is 0.462. The van der Waals surface area contributed by atoms with E-state index < -0.39 is 19.8 Å². The maximum atomic E-state index is 2.38. The molecule has 0 spiro atoms. The zero-order valence-corrected chi connectivity index (χ0v) is 20.1. The molecule has 0 saturated heterocycles. The summed E-state index contributed by atoms with van der Waals surface area (Å²) in [6.07, 6.45) is 2.82. The van der Waals surface area contributed by atoms with Gasteiger partial charge in [-0.25, -0.2) is 0 Å². The number of hydrogen-bond acceptors (Lipinski definition) is 0. The Morgan fingerprint density at radius 2 is 0.962 bits per heavy atom.